The van der Waals surface area contributed by atoms with Gasteiger partial charge in [0.15, 0.2) is 6.61 Å². The van der Waals surface area contributed by atoms with Gasteiger partial charge >= 0.3 is 5.97 Å². The van der Waals surface area contributed by atoms with E-state index in [1.807, 2.05) is 47.8 Å². The van der Waals surface area contributed by atoms with Gasteiger partial charge in [0.25, 0.3) is 5.89 Å². The molecule has 0 aliphatic rings. The molecule has 3 rings (SSSR count). The summed E-state index contributed by atoms with van der Waals surface area (Å²) in [6.45, 7) is 1.30. The molecule has 0 fully saturated rings. The molecular formula is C18H17N3O4S. The van der Waals surface area contributed by atoms with Crippen LogP contribution in [0.5, 0.6) is 0 Å². The molecule has 0 spiro atoms. The zero-order chi connectivity index (χ0) is 18.4. The Morgan fingerprint density at radius 1 is 1.19 bits per heavy atom. The van der Waals surface area contributed by atoms with Crippen LogP contribution in [-0.4, -0.2) is 22.1 Å². The maximum Gasteiger partial charge on any atom is 0.308 e. The number of thiophene rings is 1. The van der Waals surface area contributed by atoms with Crippen LogP contribution in [0.4, 0.5) is 0 Å². The lowest BCUT2D eigenvalue weighted by molar-refractivity contribution is -0.146. The average Bonchev–Trinajstić information content (AvgIpc) is 3.32. The first kappa shape index (κ1) is 17.8. The van der Waals surface area contributed by atoms with Crippen LogP contribution in [0.25, 0.3) is 11.5 Å². The van der Waals surface area contributed by atoms with Gasteiger partial charge in [-0.3, -0.25) is 9.59 Å². The molecule has 0 bridgehead atoms. The van der Waals surface area contributed by atoms with Crippen molar-refractivity contribution in [1.29, 1.82) is 0 Å². The highest BCUT2D eigenvalue weighted by molar-refractivity contribution is 7.10. The third kappa shape index (κ3) is 4.76. The van der Waals surface area contributed by atoms with Gasteiger partial charge in [-0.05, 0) is 23.6 Å². The second kappa shape index (κ2) is 8.39. The number of rotatable bonds is 7. The summed E-state index contributed by atoms with van der Waals surface area (Å²) in [5.41, 5.74) is 0.793. The molecule has 2 heterocycles. The summed E-state index contributed by atoms with van der Waals surface area (Å²) in [6, 6.07) is 12.6. The minimum atomic E-state index is -0.461. The molecule has 2 aromatic heterocycles. The number of ether oxygens (including phenoxy) is 1. The van der Waals surface area contributed by atoms with Gasteiger partial charge in [0.2, 0.25) is 11.8 Å². The predicted octanol–water partition coefficient (Wildman–Crippen LogP) is 3.11. The maximum atomic E-state index is 12.1. The van der Waals surface area contributed by atoms with Crippen molar-refractivity contribution in [2.24, 2.45) is 0 Å². The summed E-state index contributed by atoms with van der Waals surface area (Å²) >= 11 is 1.47. The number of hydrogen-bond acceptors (Lipinski definition) is 7. The normalized spacial score (nSPS) is 11.7. The molecule has 0 saturated carbocycles. The zero-order valence-electron chi connectivity index (χ0n) is 14.0. The first-order valence-corrected chi connectivity index (χ1v) is 8.83. The van der Waals surface area contributed by atoms with Gasteiger partial charge in [-0.15, -0.1) is 21.5 Å². The zero-order valence-corrected chi connectivity index (χ0v) is 14.9. The Balaban J connectivity index is 1.56. The topological polar surface area (TPSA) is 94.3 Å². The molecule has 134 valence electrons. The molecular weight excluding hydrogens is 354 g/mol. The van der Waals surface area contributed by atoms with E-state index in [4.69, 9.17) is 9.15 Å². The Hall–Kier alpha value is -3.00. The predicted molar refractivity (Wildman–Crippen MR) is 95.0 cm³/mol. The minimum Gasteiger partial charge on any atom is -0.456 e. The Morgan fingerprint density at radius 3 is 2.69 bits per heavy atom. The fourth-order valence-corrected chi connectivity index (χ4v) is 3.11. The highest BCUT2D eigenvalue weighted by Gasteiger charge is 2.20. The summed E-state index contributed by atoms with van der Waals surface area (Å²) in [5, 5.41) is 12.5. The van der Waals surface area contributed by atoms with Crippen LogP contribution in [-0.2, 0) is 20.9 Å². The van der Waals surface area contributed by atoms with Gasteiger partial charge in [0, 0.05) is 17.4 Å². The van der Waals surface area contributed by atoms with E-state index in [-0.39, 0.29) is 24.8 Å². The molecule has 1 atom stereocenters. The van der Waals surface area contributed by atoms with Crippen LogP contribution in [0.2, 0.25) is 0 Å². The van der Waals surface area contributed by atoms with Gasteiger partial charge in [-0.1, -0.05) is 24.3 Å². The molecule has 1 aromatic carbocycles. The van der Waals surface area contributed by atoms with Crippen LogP contribution in [0, 0.1) is 0 Å². The molecule has 1 N–H and O–H groups in total. The number of nitrogens with zero attached hydrogens (tertiary/aromatic N) is 2. The van der Waals surface area contributed by atoms with Crippen molar-refractivity contribution in [3.8, 4) is 11.5 Å². The molecule has 0 unspecified atom stereocenters. The number of esters is 1. The van der Waals surface area contributed by atoms with Crippen molar-refractivity contribution in [3.63, 3.8) is 0 Å². The molecule has 0 saturated heterocycles. The summed E-state index contributed by atoms with van der Waals surface area (Å²) in [7, 11) is 0. The van der Waals surface area contributed by atoms with Crippen molar-refractivity contribution in [3.05, 3.63) is 58.6 Å². The summed E-state index contributed by atoms with van der Waals surface area (Å²) in [6.07, 6.45) is 0.0276. The quantitative estimate of drug-likeness (QED) is 0.641. The molecule has 0 aliphatic carbocycles. The van der Waals surface area contributed by atoms with Crippen molar-refractivity contribution in [2.75, 3.05) is 0 Å². The van der Waals surface area contributed by atoms with Gasteiger partial charge < -0.3 is 14.5 Å². The molecule has 26 heavy (non-hydrogen) atoms. The Kier molecular flexibility index (Phi) is 5.75. The largest absolute Gasteiger partial charge is 0.456 e. The second-order valence-electron chi connectivity index (χ2n) is 5.50. The number of carbonyl (C=O) groups is 2. The minimum absolute atomic E-state index is 0.0276. The van der Waals surface area contributed by atoms with E-state index >= 15 is 0 Å². The Morgan fingerprint density at radius 2 is 2.00 bits per heavy atom. The summed E-state index contributed by atoms with van der Waals surface area (Å²) in [4.78, 5) is 24.4. The number of carbonyl (C=O) groups excluding carboxylic acids is 2. The lowest BCUT2D eigenvalue weighted by Gasteiger charge is -2.15. The molecule has 1 amide bonds. The van der Waals surface area contributed by atoms with Crippen molar-refractivity contribution in [1.82, 2.24) is 15.5 Å². The fraction of sp³-hybridized carbons (Fsp3) is 0.222. The monoisotopic (exact) mass is 371 g/mol. The highest BCUT2D eigenvalue weighted by Crippen LogP contribution is 2.23. The van der Waals surface area contributed by atoms with Crippen molar-refractivity contribution >= 4 is 23.2 Å². The number of benzene rings is 1. The van der Waals surface area contributed by atoms with Crippen LogP contribution < -0.4 is 5.32 Å². The first-order valence-electron chi connectivity index (χ1n) is 7.96. The van der Waals surface area contributed by atoms with E-state index in [1.54, 1.807) is 0 Å². The van der Waals surface area contributed by atoms with Crippen molar-refractivity contribution in [2.45, 2.75) is 26.0 Å². The van der Waals surface area contributed by atoms with Gasteiger partial charge in [-0.2, -0.15) is 0 Å². The smallest absolute Gasteiger partial charge is 0.308 e. The lowest BCUT2D eigenvalue weighted by atomic mass is 10.1. The van der Waals surface area contributed by atoms with Gasteiger partial charge in [0.05, 0.1) is 12.5 Å². The number of hydrogen-bond donors (Lipinski definition) is 1. The molecule has 0 radical (unpaired) electrons. The number of amides is 1. The average molecular weight is 371 g/mol. The van der Waals surface area contributed by atoms with Crippen LogP contribution in [0.1, 0.15) is 30.2 Å². The standard InChI is InChI=1S/C18H17N3O4S/c1-12(22)19-14(15-8-5-9-26-15)10-17(23)24-11-16-20-21-18(25-16)13-6-3-2-4-7-13/h2-9,14H,10-11H2,1H3,(H,19,22)/t14-/m1/s1. The van der Waals surface area contributed by atoms with Crippen LogP contribution in [0.3, 0.4) is 0 Å². The third-order valence-electron chi connectivity index (χ3n) is 3.48. The number of aromatic nitrogens is 2. The Labute approximate surface area is 154 Å². The maximum absolute atomic E-state index is 12.1. The van der Waals surface area contributed by atoms with E-state index in [2.05, 4.69) is 15.5 Å². The lowest BCUT2D eigenvalue weighted by Crippen LogP contribution is -2.28. The molecule has 8 heteroatoms. The molecule has 7 nitrogen and oxygen atoms in total. The van der Waals surface area contributed by atoms with E-state index in [0.717, 1.165) is 10.4 Å². The first-order chi connectivity index (χ1) is 12.6. The highest BCUT2D eigenvalue weighted by atomic mass is 32.1. The van der Waals surface area contributed by atoms with E-state index in [1.165, 1.54) is 18.3 Å². The fourth-order valence-electron chi connectivity index (χ4n) is 2.33. The molecule has 3 aromatic rings. The van der Waals surface area contributed by atoms with Crippen LogP contribution >= 0.6 is 11.3 Å². The van der Waals surface area contributed by atoms with E-state index in [9.17, 15) is 9.59 Å². The third-order valence-corrected chi connectivity index (χ3v) is 4.47. The van der Waals surface area contributed by atoms with Gasteiger partial charge in [-0.25, -0.2) is 0 Å². The van der Waals surface area contributed by atoms with Crippen LogP contribution in [0.15, 0.2) is 52.3 Å². The Bertz CT molecular complexity index is 862. The SMILES string of the molecule is CC(=O)N[C@H](CC(=O)OCc1nnc(-c2ccccc2)o1)c1cccs1. The van der Waals surface area contributed by atoms with E-state index < -0.39 is 12.0 Å². The second-order valence-corrected chi connectivity index (χ2v) is 6.48. The van der Waals surface area contributed by atoms with Gasteiger partial charge in [0.1, 0.15) is 0 Å². The summed E-state index contributed by atoms with van der Waals surface area (Å²) in [5.74, 6) is -0.0898. The van der Waals surface area contributed by atoms with Crippen molar-refractivity contribution < 1.29 is 18.7 Å². The van der Waals surface area contributed by atoms with E-state index in [0.29, 0.717) is 5.89 Å². The number of nitrogens with one attached hydrogen (secondary N) is 1. The summed E-state index contributed by atoms with van der Waals surface area (Å²) < 4.78 is 10.7. The molecule has 0 aliphatic heterocycles.